The van der Waals surface area contributed by atoms with Crippen LogP contribution in [0.5, 0.6) is 0 Å². The second kappa shape index (κ2) is 9.88. The van der Waals surface area contributed by atoms with Crippen LogP contribution in [0.2, 0.25) is 0 Å². The fourth-order valence-corrected chi connectivity index (χ4v) is 0.652. The van der Waals surface area contributed by atoms with Crippen LogP contribution in [-0.4, -0.2) is 33.0 Å². The molecular weight excluding hydrogens is 142 g/mol. The molecule has 0 aliphatic heterocycles. The molecule has 0 fully saturated rings. The summed E-state index contributed by atoms with van der Waals surface area (Å²) in [6.45, 7) is 5.59. The number of rotatable bonds is 8. The van der Waals surface area contributed by atoms with Gasteiger partial charge in [0.1, 0.15) is 0 Å². The third kappa shape index (κ3) is 9.88. The van der Waals surface area contributed by atoms with E-state index in [2.05, 4.69) is 6.92 Å². The van der Waals surface area contributed by atoms with Crippen LogP contribution in [0.15, 0.2) is 0 Å². The van der Waals surface area contributed by atoms with E-state index >= 15 is 0 Å². The van der Waals surface area contributed by atoms with E-state index in [0.717, 1.165) is 13.0 Å². The molecule has 0 aromatic rings. The second-order valence-electron chi connectivity index (χ2n) is 2.37. The van der Waals surface area contributed by atoms with Gasteiger partial charge in [-0.1, -0.05) is 13.3 Å². The Balaban J connectivity index is 2.69. The summed E-state index contributed by atoms with van der Waals surface area (Å²) in [4.78, 5) is 0. The maximum Gasteiger partial charge on any atom is 0.0701 e. The van der Waals surface area contributed by atoms with E-state index in [-0.39, 0.29) is 0 Å². The zero-order chi connectivity index (χ0) is 8.36. The molecule has 0 aromatic carbocycles. The minimum absolute atomic E-state index is 0.592. The van der Waals surface area contributed by atoms with E-state index in [1.165, 1.54) is 6.42 Å². The van der Waals surface area contributed by atoms with Gasteiger partial charge < -0.3 is 15.2 Å². The highest BCUT2D eigenvalue weighted by Crippen LogP contribution is 1.87. The van der Waals surface area contributed by atoms with Crippen LogP contribution in [0.4, 0.5) is 0 Å². The molecule has 0 bridgehead atoms. The first-order valence-electron chi connectivity index (χ1n) is 4.27. The third-order valence-corrected chi connectivity index (χ3v) is 1.28. The van der Waals surface area contributed by atoms with Crippen molar-refractivity contribution in [3.8, 4) is 0 Å². The molecule has 0 aliphatic carbocycles. The zero-order valence-electron chi connectivity index (χ0n) is 7.34. The largest absolute Gasteiger partial charge is 0.379 e. The number of hydrogen-bond donors (Lipinski definition) is 1. The Labute approximate surface area is 68.9 Å². The van der Waals surface area contributed by atoms with Gasteiger partial charge in [-0.2, -0.15) is 0 Å². The van der Waals surface area contributed by atoms with E-state index in [9.17, 15) is 0 Å². The molecule has 3 nitrogen and oxygen atoms in total. The minimum Gasteiger partial charge on any atom is -0.379 e. The molecule has 0 aromatic heterocycles. The molecule has 0 heterocycles. The van der Waals surface area contributed by atoms with Crippen molar-refractivity contribution in [1.82, 2.24) is 0 Å². The summed E-state index contributed by atoms with van der Waals surface area (Å²) in [5, 5.41) is 0. The lowest BCUT2D eigenvalue weighted by Gasteiger charge is -2.03. The van der Waals surface area contributed by atoms with Crippen LogP contribution < -0.4 is 5.73 Å². The van der Waals surface area contributed by atoms with Crippen LogP contribution in [0.25, 0.3) is 0 Å². The quantitative estimate of drug-likeness (QED) is 0.535. The molecule has 0 radical (unpaired) electrons. The van der Waals surface area contributed by atoms with Crippen molar-refractivity contribution in [2.45, 2.75) is 19.8 Å². The Morgan fingerprint density at radius 3 is 2.18 bits per heavy atom. The first kappa shape index (κ1) is 10.9. The van der Waals surface area contributed by atoms with Gasteiger partial charge in [0.2, 0.25) is 0 Å². The van der Waals surface area contributed by atoms with Crippen molar-refractivity contribution in [3.05, 3.63) is 0 Å². The Bertz CT molecular complexity index is 61.1. The molecule has 0 atom stereocenters. The first-order valence-corrected chi connectivity index (χ1v) is 4.27. The fourth-order valence-electron chi connectivity index (χ4n) is 0.652. The lowest BCUT2D eigenvalue weighted by molar-refractivity contribution is 0.0497. The molecule has 0 spiro atoms. The summed E-state index contributed by atoms with van der Waals surface area (Å²) >= 11 is 0. The number of hydrogen-bond acceptors (Lipinski definition) is 3. The van der Waals surface area contributed by atoms with Crippen LogP contribution in [0.1, 0.15) is 19.8 Å². The highest BCUT2D eigenvalue weighted by Gasteiger charge is 1.87. The predicted molar refractivity (Wildman–Crippen MR) is 45.6 cm³/mol. The van der Waals surface area contributed by atoms with Gasteiger partial charge in [0.15, 0.2) is 0 Å². The lowest BCUT2D eigenvalue weighted by Crippen LogP contribution is -2.12. The monoisotopic (exact) mass is 161 g/mol. The third-order valence-electron chi connectivity index (χ3n) is 1.28. The van der Waals surface area contributed by atoms with Crippen LogP contribution >= 0.6 is 0 Å². The van der Waals surface area contributed by atoms with E-state index in [4.69, 9.17) is 15.2 Å². The number of nitrogens with two attached hydrogens (primary N) is 1. The van der Waals surface area contributed by atoms with Crippen LogP contribution in [0, 0.1) is 0 Å². The normalized spacial score (nSPS) is 10.4. The van der Waals surface area contributed by atoms with Crippen molar-refractivity contribution < 1.29 is 9.47 Å². The standard InChI is InChI=1S/C8H19NO2/c1-2-3-5-10-7-8-11-6-4-9/h2-9H2,1H3. The molecule has 0 aliphatic rings. The van der Waals surface area contributed by atoms with Crippen molar-refractivity contribution in [3.63, 3.8) is 0 Å². The van der Waals surface area contributed by atoms with Crippen molar-refractivity contribution in [2.24, 2.45) is 5.73 Å². The van der Waals surface area contributed by atoms with E-state index in [0.29, 0.717) is 26.4 Å². The van der Waals surface area contributed by atoms with Gasteiger partial charge >= 0.3 is 0 Å². The summed E-state index contributed by atoms with van der Waals surface area (Å²) in [5.41, 5.74) is 5.23. The Kier molecular flexibility index (Phi) is 9.77. The molecule has 2 N–H and O–H groups in total. The zero-order valence-corrected chi connectivity index (χ0v) is 7.34. The van der Waals surface area contributed by atoms with Crippen molar-refractivity contribution in [1.29, 1.82) is 0 Å². The molecule has 0 amide bonds. The summed E-state index contributed by atoms with van der Waals surface area (Å²) in [5.74, 6) is 0. The molecule has 0 unspecified atom stereocenters. The molecule has 3 heteroatoms. The van der Waals surface area contributed by atoms with Gasteiger partial charge in [0.05, 0.1) is 19.8 Å². The van der Waals surface area contributed by atoms with Crippen molar-refractivity contribution >= 4 is 0 Å². The van der Waals surface area contributed by atoms with Gasteiger partial charge in [0.25, 0.3) is 0 Å². The molecular formula is C8H19NO2. The topological polar surface area (TPSA) is 44.5 Å². The summed E-state index contributed by atoms with van der Waals surface area (Å²) in [6, 6.07) is 0. The highest BCUT2D eigenvalue weighted by atomic mass is 16.5. The average molecular weight is 161 g/mol. The minimum atomic E-state index is 0.592. The Morgan fingerprint density at radius 1 is 1.00 bits per heavy atom. The average Bonchev–Trinajstić information content (AvgIpc) is 2.03. The van der Waals surface area contributed by atoms with Gasteiger partial charge in [-0.15, -0.1) is 0 Å². The lowest BCUT2D eigenvalue weighted by atomic mass is 10.4. The van der Waals surface area contributed by atoms with E-state index in [1.807, 2.05) is 0 Å². The van der Waals surface area contributed by atoms with Gasteiger partial charge in [-0.3, -0.25) is 0 Å². The van der Waals surface area contributed by atoms with E-state index in [1.54, 1.807) is 0 Å². The molecule has 0 rings (SSSR count). The molecule has 0 saturated heterocycles. The highest BCUT2D eigenvalue weighted by molar-refractivity contribution is 4.34. The smallest absolute Gasteiger partial charge is 0.0701 e. The van der Waals surface area contributed by atoms with Crippen LogP contribution in [0.3, 0.4) is 0 Å². The molecule has 11 heavy (non-hydrogen) atoms. The second-order valence-corrected chi connectivity index (χ2v) is 2.37. The first-order chi connectivity index (χ1) is 5.41. The number of ether oxygens (including phenoxy) is 2. The fraction of sp³-hybridized carbons (Fsp3) is 1.00. The van der Waals surface area contributed by atoms with Crippen LogP contribution in [-0.2, 0) is 9.47 Å². The van der Waals surface area contributed by atoms with E-state index < -0.39 is 0 Å². The number of unbranched alkanes of at least 4 members (excludes halogenated alkanes) is 1. The van der Waals surface area contributed by atoms with Gasteiger partial charge in [-0.25, -0.2) is 0 Å². The molecule has 0 saturated carbocycles. The Hall–Kier alpha value is -0.120. The maximum absolute atomic E-state index is 5.25. The molecule has 68 valence electrons. The maximum atomic E-state index is 5.25. The summed E-state index contributed by atoms with van der Waals surface area (Å²) < 4.78 is 10.4. The predicted octanol–water partition coefficient (Wildman–Crippen LogP) is 0.778. The van der Waals surface area contributed by atoms with Crippen molar-refractivity contribution in [2.75, 3.05) is 33.0 Å². The van der Waals surface area contributed by atoms with Gasteiger partial charge in [0, 0.05) is 13.2 Å². The van der Waals surface area contributed by atoms with Gasteiger partial charge in [-0.05, 0) is 6.42 Å². The Morgan fingerprint density at radius 2 is 1.64 bits per heavy atom. The summed E-state index contributed by atoms with van der Waals surface area (Å²) in [6.07, 6.45) is 2.32. The summed E-state index contributed by atoms with van der Waals surface area (Å²) in [7, 11) is 0. The SMILES string of the molecule is CCCCOCCOCCN.